The van der Waals surface area contributed by atoms with E-state index in [1.807, 2.05) is 25.1 Å². The Bertz CT molecular complexity index is 376. The van der Waals surface area contributed by atoms with E-state index in [4.69, 9.17) is 4.74 Å². The second kappa shape index (κ2) is 5.23. The normalized spacial score (nSPS) is 19.2. The number of rotatable bonds is 4. The minimum Gasteiger partial charge on any atom is -0.374 e. The van der Waals surface area contributed by atoms with Crippen molar-refractivity contribution in [3.63, 3.8) is 0 Å². The lowest BCUT2D eigenvalue weighted by molar-refractivity contribution is -0.125. The zero-order valence-electron chi connectivity index (χ0n) is 9.53. The van der Waals surface area contributed by atoms with E-state index in [-0.39, 0.29) is 18.4 Å². The first kappa shape index (κ1) is 11.3. The maximum Gasteiger partial charge on any atom is 0.179 e. The van der Waals surface area contributed by atoms with Gasteiger partial charge in [0, 0.05) is 13.2 Å². The summed E-state index contributed by atoms with van der Waals surface area (Å²) in [7, 11) is 0. The Hall–Kier alpha value is -1.19. The summed E-state index contributed by atoms with van der Waals surface area (Å²) < 4.78 is 5.17. The quantitative estimate of drug-likeness (QED) is 0.833. The largest absolute Gasteiger partial charge is 0.374 e. The second-order valence-electron chi connectivity index (χ2n) is 3.94. The summed E-state index contributed by atoms with van der Waals surface area (Å²) >= 11 is 0. The third kappa shape index (κ3) is 2.31. The number of ketones is 1. The van der Waals surface area contributed by atoms with E-state index in [0.29, 0.717) is 6.61 Å². The number of hydrogen-bond acceptors (Lipinski definition) is 3. The molecule has 16 heavy (non-hydrogen) atoms. The average molecular weight is 219 g/mol. The van der Waals surface area contributed by atoms with Gasteiger partial charge in [0.15, 0.2) is 5.78 Å². The molecule has 1 aliphatic rings. The van der Waals surface area contributed by atoms with Crippen LogP contribution in [0.1, 0.15) is 24.1 Å². The van der Waals surface area contributed by atoms with Crippen LogP contribution in [0.25, 0.3) is 0 Å². The van der Waals surface area contributed by atoms with Crippen LogP contribution in [0.4, 0.5) is 0 Å². The molecule has 0 radical (unpaired) electrons. The fourth-order valence-electron chi connectivity index (χ4n) is 2.08. The number of fused-ring (bicyclic) bond motifs is 1. The molecule has 1 N–H and O–H groups in total. The molecule has 1 aromatic rings. The first-order chi connectivity index (χ1) is 7.83. The molecule has 0 fully saturated rings. The number of carbonyl (C=O) groups excluding carboxylic acids is 1. The molecular formula is C13H17NO2. The number of benzene rings is 1. The van der Waals surface area contributed by atoms with Crippen LogP contribution < -0.4 is 5.32 Å². The molecule has 0 aliphatic carbocycles. The molecule has 0 spiro atoms. The van der Waals surface area contributed by atoms with Crippen molar-refractivity contribution in [1.29, 1.82) is 0 Å². The molecule has 1 heterocycles. The van der Waals surface area contributed by atoms with Crippen LogP contribution in [0.3, 0.4) is 0 Å². The van der Waals surface area contributed by atoms with E-state index < -0.39 is 0 Å². The Kier molecular flexibility index (Phi) is 3.70. The lowest BCUT2D eigenvalue weighted by atomic mass is 9.92. The average Bonchev–Trinajstić information content (AvgIpc) is 2.35. The molecule has 0 saturated carbocycles. The first-order valence-corrected chi connectivity index (χ1v) is 5.74. The topological polar surface area (TPSA) is 38.3 Å². The molecular weight excluding hydrogens is 202 g/mol. The van der Waals surface area contributed by atoms with E-state index in [9.17, 15) is 4.79 Å². The van der Waals surface area contributed by atoms with E-state index in [1.54, 1.807) is 0 Å². The second-order valence-corrected chi connectivity index (χ2v) is 3.94. The summed E-state index contributed by atoms with van der Waals surface area (Å²) in [5, 5.41) is 3.25. The SMILES string of the molecule is CCOCC(=O)C1NCCc2ccccc21. The van der Waals surface area contributed by atoms with Crippen molar-refractivity contribution in [2.24, 2.45) is 0 Å². The maximum absolute atomic E-state index is 11.9. The molecule has 1 unspecified atom stereocenters. The van der Waals surface area contributed by atoms with Crippen molar-refractivity contribution in [3.8, 4) is 0 Å². The summed E-state index contributed by atoms with van der Waals surface area (Å²) in [6, 6.07) is 7.94. The summed E-state index contributed by atoms with van der Waals surface area (Å²) in [6.07, 6.45) is 0.995. The van der Waals surface area contributed by atoms with Crippen LogP contribution >= 0.6 is 0 Å². The van der Waals surface area contributed by atoms with Gasteiger partial charge in [0.2, 0.25) is 0 Å². The molecule has 3 heteroatoms. The Morgan fingerprint density at radius 3 is 3.12 bits per heavy atom. The monoisotopic (exact) mass is 219 g/mol. The van der Waals surface area contributed by atoms with Crippen LogP contribution in [0, 0.1) is 0 Å². The van der Waals surface area contributed by atoms with Crippen LogP contribution in [-0.2, 0) is 16.0 Å². The summed E-state index contributed by atoms with van der Waals surface area (Å²) in [5.41, 5.74) is 2.38. The van der Waals surface area contributed by atoms with Gasteiger partial charge in [-0.1, -0.05) is 24.3 Å². The molecule has 86 valence electrons. The number of Topliss-reactive ketones (excluding diaryl/α,β-unsaturated/α-hetero) is 1. The van der Waals surface area contributed by atoms with Gasteiger partial charge in [0.1, 0.15) is 6.61 Å². The lowest BCUT2D eigenvalue weighted by Crippen LogP contribution is -2.36. The molecule has 1 aliphatic heterocycles. The van der Waals surface area contributed by atoms with Gasteiger partial charge in [0.25, 0.3) is 0 Å². The summed E-state index contributed by atoms with van der Waals surface area (Å²) in [6.45, 7) is 3.54. The lowest BCUT2D eigenvalue weighted by Gasteiger charge is -2.25. The number of ether oxygens (including phenoxy) is 1. The minimum absolute atomic E-state index is 0.119. The van der Waals surface area contributed by atoms with E-state index in [2.05, 4.69) is 11.4 Å². The van der Waals surface area contributed by atoms with Crippen LogP contribution in [-0.4, -0.2) is 25.5 Å². The van der Waals surface area contributed by atoms with Gasteiger partial charge in [-0.15, -0.1) is 0 Å². The highest BCUT2D eigenvalue weighted by molar-refractivity contribution is 5.87. The van der Waals surface area contributed by atoms with Gasteiger partial charge in [-0.25, -0.2) is 0 Å². The van der Waals surface area contributed by atoms with E-state index in [1.165, 1.54) is 5.56 Å². The smallest absolute Gasteiger partial charge is 0.179 e. The fourth-order valence-corrected chi connectivity index (χ4v) is 2.08. The zero-order chi connectivity index (χ0) is 11.4. The van der Waals surface area contributed by atoms with Gasteiger partial charge in [-0.05, 0) is 24.5 Å². The third-order valence-corrected chi connectivity index (χ3v) is 2.88. The van der Waals surface area contributed by atoms with Crippen LogP contribution in [0.5, 0.6) is 0 Å². The van der Waals surface area contributed by atoms with Crippen LogP contribution in [0.15, 0.2) is 24.3 Å². The summed E-state index contributed by atoms with van der Waals surface area (Å²) in [4.78, 5) is 11.9. The highest BCUT2D eigenvalue weighted by atomic mass is 16.5. The number of hydrogen-bond donors (Lipinski definition) is 1. The van der Waals surface area contributed by atoms with Crippen molar-refractivity contribution < 1.29 is 9.53 Å². The Labute approximate surface area is 95.8 Å². The Morgan fingerprint density at radius 1 is 1.50 bits per heavy atom. The van der Waals surface area contributed by atoms with Gasteiger partial charge in [-0.3, -0.25) is 4.79 Å². The minimum atomic E-state index is -0.184. The molecule has 1 aromatic carbocycles. The van der Waals surface area contributed by atoms with Crippen molar-refractivity contribution in [2.45, 2.75) is 19.4 Å². The summed E-state index contributed by atoms with van der Waals surface area (Å²) in [5.74, 6) is 0.119. The van der Waals surface area contributed by atoms with Gasteiger partial charge < -0.3 is 10.1 Å². The molecule has 3 nitrogen and oxygen atoms in total. The van der Waals surface area contributed by atoms with E-state index >= 15 is 0 Å². The molecule has 0 aromatic heterocycles. The third-order valence-electron chi connectivity index (χ3n) is 2.88. The van der Waals surface area contributed by atoms with Gasteiger partial charge >= 0.3 is 0 Å². The first-order valence-electron chi connectivity index (χ1n) is 5.74. The Morgan fingerprint density at radius 2 is 2.31 bits per heavy atom. The molecule has 0 saturated heterocycles. The molecule has 0 bridgehead atoms. The predicted molar refractivity (Wildman–Crippen MR) is 62.4 cm³/mol. The van der Waals surface area contributed by atoms with Crippen molar-refractivity contribution in [1.82, 2.24) is 5.32 Å². The zero-order valence-corrected chi connectivity index (χ0v) is 9.53. The Balaban J connectivity index is 2.15. The molecule has 1 atom stereocenters. The molecule has 0 amide bonds. The van der Waals surface area contributed by atoms with Crippen molar-refractivity contribution >= 4 is 5.78 Å². The van der Waals surface area contributed by atoms with Gasteiger partial charge in [0.05, 0.1) is 6.04 Å². The highest BCUT2D eigenvalue weighted by Crippen LogP contribution is 2.23. The number of nitrogens with one attached hydrogen (secondary N) is 1. The maximum atomic E-state index is 11.9. The molecule has 2 rings (SSSR count). The standard InChI is InChI=1S/C13H17NO2/c1-2-16-9-12(15)13-11-6-4-3-5-10(11)7-8-14-13/h3-6,13-14H,2,7-9H2,1H3. The number of carbonyl (C=O) groups is 1. The van der Waals surface area contributed by atoms with Crippen LogP contribution in [0.2, 0.25) is 0 Å². The van der Waals surface area contributed by atoms with Crippen molar-refractivity contribution in [2.75, 3.05) is 19.8 Å². The van der Waals surface area contributed by atoms with Gasteiger partial charge in [-0.2, -0.15) is 0 Å². The predicted octanol–water partition coefficient (Wildman–Crippen LogP) is 1.48. The van der Waals surface area contributed by atoms with E-state index in [0.717, 1.165) is 18.5 Å². The van der Waals surface area contributed by atoms with Crippen molar-refractivity contribution in [3.05, 3.63) is 35.4 Å². The fraction of sp³-hybridized carbons (Fsp3) is 0.462. The highest BCUT2D eigenvalue weighted by Gasteiger charge is 2.25.